The number of anilines is 2. The van der Waals surface area contributed by atoms with E-state index in [9.17, 15) is 23.2 Å². The fourth-order valence-electron chi connectivity index (χ4n) is 3.81. The number of nitriles is 1. The molecule has 0 saturated heterocycles. The molecule has 0 saturated carbocycles. The largest absolute Gasteiger partial charge is 0.325 e. The van der Waals surface area contributed by atoms with Gasteiger partial charge in [0, 0.05) is 29.4 Å². The van der Waals surface area contributed by atoms with E-state index in [4.69, 9.17) is 5.26 Å². The second-order valence-electron chi connectivity index (χ2n) is 7.42. The number of carbonyl (C=O) groups is 3. The van der Waals surface area contributed by atoms with Gasteiger partial charge in [-0.05, 0) is 67.1 Å². The summed E-state index contributed by atoms with van der Waals surface area (Å²) in [6.07, 6.45) is 0. The zero-order valence-corrected chi connectivity index (χ0v) is 17.4. The lowest BCUT2D eigenvalue weighted by Gasteiger charge is -2.24. The smallest absolute Gasteiger partial charge is 0.244 e. The van der Waals surface area contributed by atoms with Gasteiger partial charge in [0.1, 0.15) is 17.6 Å². The normalized spacial score (nSPS) is 14.2. The molecule has 164 valence electrons. The van der Waals surface area contributed by atoms with Crippen molar-refractivity contribution >= 4 is 29.0 Å². The second-order valence-corrected chi connectivity index (χ2v) is 7.42. The Morgan fingerprint density at radius 2 is 1.73 bits per heavy atom. The molecule has 1 aliphatic heterocycles. The van der Waals surface area contributed by atoms with Gasteiger partial charge >= 0.3 is 0 Å². The SMILES string of the molecule is CCN(C(=O)C1C(=O)Nc2ccc(C(=O)c3ccc(C#N)cc3)cc21)c1ccc(F)cc1F. The molecule has 1 heterocycles. The average Bonchev–Trinajstić information content (AvgIpc) is 3.15. The van der Waals surface area contributed by atoms with Crippen LogP contribution in [0.2, 0.25) is 0 Å². The summed E-state index contributed by atoms with van der Waals surface area (Å²) in [6.45, 7) is 1.66. The first-order valence-electron chi connectivity index (χ1n) is 10.1. The number of nitrogens with zero attached hydrogens (tertiary/aromatic N) is 2. The van der Waals surface area contributed by atoms with Gasteiger partial charge in [0.15, 0.2) is 5.78 Å². The molecule has 0 spiro atoms. The van der Waals surface area contributed by atoms with Crippen molar-refractivity contribution in [2.24, 2.45) is 0 Å². The molecule has 0 bridgehead atoms. The molecule has 33 heavy (non-hydrogen) atoms. The summed E-state index contributed by atoms with van der Waals surface area (Å²) in [5.41, 5.74) is 1.54. The number of hydrogen-bond acceptors (Lipinski definition) is 4. The summed E-state index contributed by atoms with van der Waals surface area (Å²) in [6, 6.07) is 15.4. The van der Waals surface area contributed by atoms with Gasteiger partial charge in [-0.3, -0.25) is 14.4 Å². The van der Waals surface area contributed by atoms with Crippen molar-refractivity contribution in [2.45, 2.75) is 12.8 Å². The average molecular weight is 445 g/mol. The molecule has 1 N–H and O–H groups in total. The number of carbonyl (C=O) groups excluding carboxylic acids is 3. The summed E-state index contributed by atoms with van der Waals surface area (Å²) in [5, 5.41) is 11.5. The van der Waals surface area contributed by atoms with Gasteiger partial charge in [0.2, 0.25) is 11.8 Å². The second kappa shape index (κ2) is 8.63. The van der Waals surface area contributed by atoms with Gasteiger partial charge in [0.05, 0.1) is 17.3 Å². The molecule has 1 atom stereocenters. The summed E-state index contributed by atoms with van der Waals surface area (Å²) >= 11 is 0. The van der Waals surface area contributed by atoms with Gasteiger partial charge in [-0.2, -0.15) is 5.26 Å². The van der Waals surface area contributed by atoms with Gasteiger partial charge in [-0.25, -0.2) is 8.78 Å². The maximum Gasteiger partial charge on any atom is 0.244 e. The van der Waals surface area contributed by atoms with Crippen molar-refractivity contribution in [3.8, 4) is 6.07 Å². The minimum absolute atomic E-state index is 0.0460. The molecule has 3 aromatic rings. The van der Waals surface area contributed by atoms with Gasteiger partial charge in [0.25, 0.3) is 0 Å². The molecule has 1 unspecified atom stereocenters. The van der Waals surface area contributed by atoms with Crippen molar-refractivity contribution in [1.29, 1.82) is 5.26 Å². The highest BCUT2D eigenvalue weighted by Crippen LogP contribution is 2.36. The third-order valence-electron chi connectivity index (χ3n) is 5.45. The van der Waals surface area contributed by atoms with Crippen LogP contribution in [0.4, 0.5) is 20.2 Å². The highest BCUT2D eigenvalue weighted by Gasteiger charge is 2.40. The van der Waals surface area contributed by atoms with Crippen LogP contribution < -0.4 is 10.2 Å². The molecule has 0 radical (unpaired) electrons. The van der Waals surface area contributed by atoms with Crippen molar-refractivity contribution in [3.63, 3.8) is 0 Å². The van der Waals surface area contributed by atoms with Crippen molar-refractivity contribution < 1.29 is 23.2 Å². The zero-order chi connectivity index (χ0) is 23.7. The molecular weight excluding hydrogens is 428 g/mol. The highest BCUT2D eigenvalue weighted by atomic mass is 19.1. The molecule has 1 aliphatic rings. The van der Waals surface area contributed by atoms with Crippen molar-refractivity contribution in [1.82, 2.24) is 0 Å². The lowest BCUT2D eigenvalue weighted by atomic mass is 9.94. The summed E-state index contributed by atoms with van der Waals surface area (Å²) in [4.78, 5) is 40.0. The highest BCUT2D eigenvalue weighted by molar-refractivity contribution is 6.21. The molecule has 8 heteroatoms. The lowest BCUT2D eigenvalue weighted by Crippen LogP contribution is -2.38. The quantitative estimate of drug-likeness (QED) is 0.472. The third-order valence-corrected chi connectivity index (χ3v) is 5.45. The Bertz CT molecular complexity index is 1330. The molecule has 0 aromatic heterocycles. The number of rotatable bonds is 5. The standard InChI is InChI=1S/C25H17F2N3O3/c1-2-30(21-10-8-17(26)12-19(21)27)25(33)22-18-11-16(7-9-20(18)29-24(22)32)23(31)15-5-3-14(13-28)4-6-15/h3-12,22H,2H2,1H3,(H,29,32). The first kappa shape index (κ1) is 21.8. The Hall–Kier alpha value is -4.38. The minimum atomic E-state index is -1.29. The van der Waals surface area contributed by atoms with Crippen LogP contribution in [0.15, 0.2) is 60.7 Å². The van der Waals surface area contributed by atoms with Crippen molar-refractivity contribution in [3.05, 3.63) is 94.6 Å². The van der Waals surface area contributed by atoms with Crippen LogP contribution in [-0.4, -0.2) is 24.1 Å². The molecule has 0 aliphatic carbocycles. The molecule has 0 fully saturated rings. The van der Waals surface area contributed by atoms with Gasteiger partial charge in [-0.1, -0.05) is 0 Å². The Kier molecular flexibility index (Phi) is 5.71. The minimum Gasteiger partial charge on any atom is -0.325 e. The van der Waals surface area contributed by atoms with Crippen LogP contribution in [0.25, 0.3) is 0 Å². The maximum atomic E-state index is 14.3. The number of amides is 2. The predicted octanol–water partition coefficient (Wildman–Crippen LogP) is 4.16. The third kappa shape index (κ3) is 3.96. The number of ketones is 1. The number of halogens is 2. The first-order chi connectivity index (χ1) is 15.8. The van der Waals surface area contributed by atoms with E-state index < -0.39 is 29.4 Å². The van der Waals surface area contributed by atoms with Crippen LogP contribution >= 0.6 is 0 Å². The van der Waals surface area contributed by atoms with Gasteiger partial charge < -0.3 is 10.2 Å². The monoisotopic (exact) mass is 445 g/mol. The lowest BCUT2D eigenvalue weighted by molar-refractivity contribution is -0.126. The van der Waals surface area contributed by atoms with Crippen LogP contribution in [0, 0.1) is 23.0 Å². The Labute approximate surface area is 188 Å². The maximum absolute atomic E-state index is 14.3. The summed E-state index contributed by atoms with van der Waals surface area (Å²) < 4.78 is 27.7. The zero-order valence-electron chi connectivity index (χ0n) is 17.4. The molecule has 6 nitrogen and oxygen atoms in total. The number of nitrogens with one attached hydrogen (secondary N) is 1. The first-order valence-corrected chi connectivity index (χ1v) is 10.1. The predicted molar refractivity (Wildman–Crippen MR) is 117 cm³/mol. The van der Waals surface area contributed by atoms with Crippen LogP contribution in [0.1, 0.15) is 39.9 Å². The van der Waals surface area contributed by atoms with Crippen LogP contribution in [-0.2, 0) is 9.59 Å². The van der Waals surface area contributed by atoms with E-state index in [1.807, 2.05) is 6.07 Å². The Morgan fingerprint density at radius 3 is 2.36 bits per heavy atom. The van der Waals surface area contributed by atoms with E-state index in [2.05, 4.69) is 5.32 Å². The van der Waals surface area contributed by atoms with E-state index >= 15 is 0 Å². The Morgan fingerprint density at radius 1 is 1.03 bits per heavy atom. The number of likely N-dealkylation sites (N-methyl/N-ethyl adjacent to an activating group) is 1. The van der Waals surface area contributed by atoms with E-state index in [0.29, 0.717) is 28.4 Å². The Balaban J connectivity index is 1.69. The van der Waals surface area contributed by atoms with E-state index in [1.165, 1.54) is 42.5 Å². The summed E-state index contributed by atoms with van der Waals surface area (Å²) in [7, 11) is 0. The number of fused-ring (bicyclic) bond motifs is 1. The van der Waals surface area contributed by atoms with Crippen LogP contribution in [0.3, 0.4) is 0 Å². The van der Waals surface area contributed by atoms with Crippen LogP contribution in [0.5, 0.6) is 0 Å². The molecular formula is C25H17F2N3O3. The summed E-state index contributed by atoms with van der Waals surface area (Å²) in [5.74, 6) is -4.63. The van der Waals surface area contributed by atoms with Crippen molar-refractivity contribution in [2.75, 3.05) is 16.8 Å². The topological polar surface area (TPSA) is 90.3 Å². The fraction of sp³-hybridized carbons (Fsp3) is 0.120. The molecule has 2 amide bonds. The number of benzene rings is 3. The van der Waals surface area contributed by atoms with Gasteiger partial charge in [-0.15, -0.1) is 0 Å². The molecule has 4 rings (SSSR count). The fourth-order valence-corrected chi connectivity index (χ4v) is 3.81. The van der Waals surface area contributed by atoms with E-state index in [1.54, 1.807) is 6.92 Å². The van der Waals surface area contributed by atoms with E-state index in [0.717, 1.165) is 17.0 Å². The molecule has 3 aromatic carbocycles. The number of hydrogen-bond donors (Lipinski definition) is 1. The van der Waals surface area contributed by atoms with E-state index in [-0.39, 0.29) is 23.6 Å².